The summed E-state index contributed by atoms with van der Waals surface area (Å²) < 4.78 is 38.3. The number of sulfonamides is 1. The van der Waals surface area contributed by atoms with E-state index in [0.29, 0.717) is 25.9 Å². The van der Waals surface area contributed by atoms with Crippen LogP contribution in [0.5, 0.6) is 0 Å². The largest absolute Gasteiger partial charge is 0.338 e. The van der Waals surface area contributed by atoms with Gasteiger partial charge in [0.05, 0.1) is 12.3 Å². The smallest absolute Gasteiger partial charge is 0.238 e. The van der Waals surface area contributed by atoms with Crippen LogP contribution in [0.3, 0.4) is 0 Å². The van der Waals surface area contributed by atoms with Crippen molar-refractivity contribution in [3.05, 3.63) is 35.6 Å². The maximum atomic E-state index is 13.3. The van der Waals surface area contributed by atoms with E-state index in [0.717, 1.165) is 18.4 Å². The highest BCUT2D eigenvalue weighted by molar-refractivity contribution is 7.89. The predicted molar refractivity (Wildman–Crippen MR) is 84.8 cm³/mol. The van der Waals surface area contributed by atoms with E-state index in [4.69, 9.17) is 0 Å². The molecule has 23 heavy (non-hydrogen) atoms. The first-order valence-corrected chi connectivity index (χ1v) is 9.58. The molecule has 0 saturated carbocycles. The number of nitrogens with zero attached hydrogens (tertiary/aromatic N) is 2. The molecule has 126 valence electrons. The average molecular weight is 340 g/mol. The van der Waals surface area contributed by atoms with Gasteiger partial charge in [-0.25, -0.2) is 12.8 Å². The molecule has 1 amide bonds. The van der Waals surface area contributed by atoms with Gasteiger partial charge in [0.25, 0.3) is 0 Å². The van der Waals surface area contributed by atoms with Crippen molar-refractivity contribution in [3.8, 4) is 0 Å². The second kappa shape index (κ2) is 6.57. The van der Waals surface area contributed by atoms with Gasteiger partial charge < -0.3 is 4.90 Å². The molecule has 0 spiro atoms. The van der Waals surface area contributed by atoms with Crippen LogP contribution in [0.25, 0.3) is 0 Å². The number of hydrogen-bond donors (Lipinski definition) is 0. The Labute approximate surface area is 136 Å². The number of rotatable bonds is 4. The van der Waals surface area contributed by atoms with Gasteiger partial charge >= 0.3 is 0 Å². The number of hydrogen-bond acceptors (Lipinski definition) is 3. The molecule has 5 nitrogen and oxygen atoms in total. The molecule has 2 saturated heterocycles. The zero-order valence-electron chi connectivity index (χ0n) is 12.9. The van der Waals surface area contributed by atoms with Crippen molar-refractivity contribution in [3.63, 3.8) is 0 Å². The Morgan fingerprint density at radius 3 is 2.78 bits per heavy atom. The number of carbonyl (C=O) groups excluding carboxylic acids is 1. The summed E-state index contributed by atoms with van der Waals surface area (Å²) in [5.41, 5.74) is 0.864. The summed E-state index contributed by atoms with van der Waals surface area (Å²) in [6.45, 7) is 1.01. The van der Waals surface area contributed by atoms with Crippen LogP contribution in [0.15, 0.2) is 24.3 Å². The second-order valence-electron chi connectivity index (χ2n) is 6.22. The SMILES string of the molecule is O=C(CN1CCCS1(=O)=O)N1CCCC1Cc1cccc(F)c1. The molecular formula is C16H21FN2O3S. The topological polar surface area (TPSA) is 57.7 Å². The van der Waals surface area contributed by atoms with Gasteiger partial charge in [-0.05, 0) is 43.4 Å². The highest BCUT2D eigenvalue weighted by Gasteiger charge is 2.34. The summed E-state index contributed by atoms with van der Waals surface area (Å²) in [7, 11) is -3.26. The third-order valence-corrected chi connectivity index (χ3v) is 6.48. The fourth-order valence-corrected chi connectivity index (χ4v) is 4.89. The Bertz CT molecular complexity index is 692. The van der Waals surface area contributed by atoms with Crippen LogP contribution >= 0.6 is 0 Å². The highest BCUT2D eigenvalue weighted by Crippen LogP contribution is 2.23. The van der Waals surface area contributed by atoms with Crippen LogP contribution in [0.2, 0.25) is 0 Å². The minimum absolute atomic E-state index is 0.0228. The molecule has 1 atom stereocenters. The average Bonchev–Trinajstić information content (AvgIpc) is 3.06. The van der Waals surface area contributed by atoms with Gasteiger partial charge in [0.1, 0.15) is 5.82 Å². The summed E-state index contributed by atoms with van der Waals surface area (Å²) in [5.74, 6) is -0.289. The molecule has 2 heterocycles. The van der Waals surface area contributed by atoms with Gasteiger partial charge in [-0.15, -0.1) is 0 Å². The Morgan fingerprint density at radius 1 is 1.26 bits per heavy atom. The zero-order valence-corrected chi connectivity index (χ0v) is 13.8. The summed E-state index contributed by atoms with van der Waals surface area (Å²) in [6, 6.07) is 6.44. The number of likely N-dealkylation sites (tertiary alicyclic amines) is 1. The van der Waals surface area contributed by atoms with Gasteiger partial charge in [-0.1, -0.05) is 12.1 Å². The van der Waals surface area contributed by atoms with Crippen molar-refractivity contribution in [2.45, 2.75) is 31.7 Å². The van der Waals surface area contributed by atoms with Gasteiger partial charge in [0, 0.05) is 19.1 Å². The highest BCUT2D eigenvalue weighted by atomic mass is 32.2. The van der Waals surface area contributed by atoms with Gasteiger partial charge in [-0.2, -0.15) is 4.31 Å². The lowest BCUT2D eigenvalue weighted by molar-refractivity contribution is -0.132. The molecule has 0 aliphatic carbocycles. The molecule has 3 rings (SSSR count). The van der Waals surface area contributed by atoms with Crippen LogP contribution < -0.4 is 0 Å². The van der Waals surface area contributed by atoms with E-state index in [9.17, 15) is 17.6 Å². The van der Waals surface area contributed by atoms with Crippen molar-refractivity contribution in [2.24, 2.45) is 0 Å². The van der Waals surface area contributed by atoms with E-state index in [1.807, 2.05) is 6.07 Å². The quantitative estimate of drug-likeness (QED) is 0.832. The summed E-state index contributed by atoms with van der Waals surface area (Å²) >= 11 is 0. The fraction of sp³-hybridized carbons (Fsp3) is 0.562. The Kier molecular flexibility index (Phi) is 4.68. The molecule has 0 aromatic heterocycles. The van der Waals surface area contributed by atoms with Crippen LogP contribution in [0, 0.1) is 5.82 Å². The van der Waals surface area contributed by atoms with Crippen molar-refractivity contribution < 1.29 is 17.6 Å². The number of benzene rings is 1. The molecule has 0 N–H and O–H groups in total. The molecule has 2 aliphatic heterocycles. The third kappa shape index (κ3) is 3.72. The molecule has 1 unspecified atom stereocenters. The predicted octanol–water partition coefficient (Wildman–Crippen LogP) is 1.39. The lowest BCUT2D eigenvalue weighted by Gasteiger charge is -2.26. The normalized spacial score (nSPS) is 24.2. The summed E-state index contributed by atoms with van der Waals surface area (Å²) in [5, 5.41) is 0. The van der Waals surface area contributed by atoms with Crippen LogP contribution in [-0.4, -0.2) is 55.0 Å². The summed E-state index contributed by atoms with van der Waals surface area (Å²) in [4.78, 5) is 14.3. The van der Waals surface area contributed by atoms with Crippen molar-refractivity contribution in [2.75, 3.05) is 25.4 Å². The van der Waals surface area contributed by atoms with Crippen LogP contribution in [0.1, 0.15) is 24.8 Å². The standard InChI is InChI=1S/C16H21FN2O3S/c17-14-5-1-4-13(10-14)11-15-6-2-8-19(15)16(20)12-18-7-3-9-23(18,21)22/h1,4-5,10,15H,2-3,6-9,11-12H2. The van der Waals surface area contributed by atoms with E-state index < -0.39 is 10.0 Å². The minimum atomic E-state index is -3.26. The first-order chi connectivity index (χ1) is 11.0. The number of carbonyl (C=O) groups is 1. The molecule has 2 fully saturated rings. The Morgan fingerprint density at radius 2 is 2.09 bits per heavy atom. The molecule has 0 bridgehead atoms. The van der Waals surface area contributed by atoms with E-state index >= 15 is 0 Å². The summed E-state index contributed by atoms with van der Waals surface area (Å²) in [6.07, 6.45) is 2.96. The Hall–Kier alpha value is -1.47. The molecule has 1 aromatic carbocycles. The van der Waals surface area contributed by atoms with Crippen molar-refractivity contribution >= 4 is 15.9 Å². The van der Waals surface area contributed by atoms with E-state index in [1.54, 1.807) is 11.0 Å². The van der Waals surface area contributed by atoms with E-state index in [1.165, 1.54) is 16.4 Å². The molecule has 0 radical (unpaired) electrons. The number of halogens is 1. The molecule has 1 aromatic rings. The van der Waals surface area contributed by atoms with E-state index in [-0.39, 0.29) is 30.1 Å². The fourth-order valence-electron chi connectivity index (χ4n) is 3.42. The van der Waals surface area contributed by atoms with Crippen LogP contribution in [0.4, 0.5) is 4.39 Å². The first-order valence-electron chi connectivity index (χ1n) is 7.97. The third-order valence-electron chi connectivity index (χ3n) is 4.57. The van der Waals surface area contributed by atoms with Gasteiger partial charge in [0.15, 0.2) is 0 Å². The van der Waals surface area contributed by atoms with Gasteiger partial charge in [-0.3, -0.25) is 4.79 Å². The molecule has 2 aliphatic rings. The van der Waals surface area contributed by atoms with Crippen LogP contribution in [-0.2, 0) is 21.2 Å². The monoisotopic (exact) mass is 340 g/mol. The van der Waals surface area contributed by atoms with Crippen molar-refractivity contribution in [1.29, 1.82) is 0 Å². The Balaban J connectivity index is 1.65. The minimum Gasteiger partial charge on any atom is -0.338 e. The molecular weight excluding hydrogens is 319 g/mol. The number of amides is 1. The lowest BCUT2D eigenvalue weighted by Crippen LogP contribution is -2.43. The lowest BCUT2D eigenvalue weighted by atomic mass is 10.0. The zero-order chi connectivity index (χ0) is 16.4. The van der Waals surface area contributed by atoms with E-state index in [2.05, 4.69) is 0 Å². The van der Waals surface area contributed by atoms with Gasteiger partial charge in [0.2, 0.25) is 15.9 Å². The van der Waals surface area contributed by atoms with Crippen molar-refractivity contribution in [1.82, 2.24) is 9.21 Å². The molecule has 7 heteroatoms. The second-order valence-corrected chi connectivity index (χ2v) is 8.31. The maximum absolute atomic E-state index is 13.3. The maximum Gasteiger partial charge on any atom is 0.238 e. The first kappa shape index (κ1) is 16.4.